The molecule has 0 radical (unpaired) electrons. The molecule has 4 rings (SSSR count). The number of rotatable bonds is 8. The lowest BCUT2D eigenvalue weighted by molar-refractivity contribution is -0.141. The van der Waals surface area contributed by atoms with Crippen molar-refractivity contribution in [2.24, 2.45) is 0 Å². The van der Waals surface area contributed by atoms with Crippen LogP contribution in [0, 0.1) is 0 Å². The fourth-order valence-corrected chi connectivity index (χ4v) is 3.68. The Morgan fingerprint density at radius 1 is 1.03 bits per heavy atom. The van der Waals surface area contributed by atoms with E-state index in [-0.39, 0.29) is 17.9 Å². The normalized spacial score (nSPS) is 12.0. The number of carbonyl (C=O) groups is 2. The van der Waals surface area contributed by atoms with Gasteiger partial charge in [-0.25, -0.2) is 4.79 Å². The second-order valence-corrected chi connectivity index (χ2v) is 7.84. The monoisotopic (exact) mass is 473 g/mol. The second-order valence-electron chi connectivity index (χ2n) is 7.84. The smallest absolute Gasteiger partial charge is 0.326 e. The zero-order valence-corrected chi connectivity index (χ0v) is 18.8. The summed E-state index contributed by atoms with van der Waals surface area (Å²) in [7, 11) is 1.51. The third-order valence-electron chi connectivity index (χ3n) is 5.47. The number of carboxylic acids is 1. The van der Waals surface area contributed by atoms with Gasteiger partial charge in [0.15, 0.2) is 22.8 Å². The summed E-state index contributed by atoms with van der Waals surface area (Å²) >= 11 is 0. The van der Waals surface area contributed by atoms with Crippen LogP contribution < -0.4 is 10.1 Å². The molecule has 35 heavy (non-hydrogen) atoms. The van der Waals surface area contributed by atoms with Gasteiger partial charge in [0.2, 0.25) is 5.91 Å². The number of hydrogen-bond donors (Lipinski definition) is 4. The summed E-state index contributed by atoms with van der Waals surface area (Å²) < 4.78 is 11.3. The Bertz CT molecular complexity index is 1410. The Labute approximate surface area is 200 Å². The van der Waals surface area contributed by atoms with E-state index in [4.69, 9.17) is 9.15 Å². The van der Waals surface area contributed by atoms with E-state index < -0.39 is 17.9 Å². The van der Waals surface area contributed by atoms with Gasteiger partial charge in [-0.05, 0) is 47.5 Å². The largest absolute Gasteiger partial charge is 0.504 e. The van der Waals surface area contributed by atoms with Crippen molar-refractivity contribution in [2.75, 3.05) is 7.11 Å². The molecule has 4 N–H and O–H groups in total. The Hall–Kier alpha value is -4.72. The van der Waals surface area contributed by atoms with E-state index in [1.807, 2.05) is 18.2 Å². The molecule has 0 spiro atoms. The molecule has 8 nitrogen and oxygen atoms in total. The molecule has 0 aliphatic heterocycles. The van der Waals surface area contributed by atoms with Crippen molar-refractivity contribution in [1.29, 1.82) is 0 Å². The molecule has 8 heteroatoms. The summed E-state index contributed by atoms with van der Waals surface area (Å²) in [6, 6.07) is 17.5. The SMILES string of the molecule is COc1ccc(/C=C/C(=O)N[C@@H](Cc2ccccc2)C(=O)O)c2cc(-c3ccc(O)c(O)c3)oc12. The van der Waals surface area contributed by atoms with Gasteiger partial charge in [0, 0.05) is 23.4 Å². The molecule has 1 amide bonds. The number of nitrogens with one attached hydrogen (secondary N) is 1. The molecule has 4 aromatic rings. The van der Waals surface area contributed by atoms with Crippen molar-refractivity contribution in [3.63, 3.8) is 0 Å². The Morgan fingerprint density at radius 3 is 2.49 bits per heavy atom. The minimum absolute atomic E-state index is 0.160. The van der Waals surface area contributed by atoms with Crippen LogP contribution in [-0.2, 0) is 16.0 Å². The van der Waals surface area contributed by atoms with Crippen LogP contribution in [0.15, 0.2) is 77.2 Å². The number of ether oxygens (including phenoxy) is 1. The molecule has 1 atom stereocenters. The molecule has 0 bridgehead atoms. The minimum atomic E-state index is -1.13. The Balaban J connectivity index is 1.59. The number of furan rings is 1. The molecule has 178 valence electrons. The fraction of sp³-hybridized carbons (Fsp3) is 0.111. The number of hydrogen-bond acceptors (Lipinski definition) is 6. The molecule has 0 saturated carbocycles. The number of amides is 1. The zero-order valence-electron chi connectivity index (χ0n) is 18.8. The fourth-order valence-electron chi connectivity index (χ4n) is 3.68. The quantitative estimate of drug-likeness (QED) is 0.221. The summed E-state index contributed by atoms with van der Waals surface area (Å²) in [5, 5.41) is 32.1. The number of benzene rings is 3. The van der Waals surface area contributed by atoms with Crippen LogP contribution in [0.3, 0.4) is 0 Å². The van der Waals surface area contributed by atoms with E-state index in [9.17, 15) is 24.9 Å². The van der Waals surface area contributed by atoms with E-state index >= 15 is 0 Å². The van der Waals surface area contributed by atoms with Crippen molar-refractivity contribution < 1.29 is 34.1 Å². The molecule has 0 unspecified atom stereocenters. The highest BCUT2D eigenvalue weighted by Crippen LogP contribution is 2.38. The topological polar surface area (TPSA) is 129 Å². The lowest BCUT2D eigenvalue weighted by atomic mass is 10.1. The van der Waals surface area contributed by atoms with Crippen molar-refractivity contribution in [2.45, 2.75) is 12.5 Å². The standard InChI is InChI=1S/C27H23NO7/c1-34-23-11-8-17(19-15-24(35-26(19)23)18-7-10-21(29)22(30)14-18)9-12-25(31)28-20(27(32)33)13-16-5-3-2-4-6-16/h2-12,14-15,20,29-30H,13H2,1H3,(H,28,31)(H,32,33)/b12-9+/t20-/m0/s1. The number of carboxylic acid groups (broad SMARTS) is 1. The maximum atomic E-state index is 12.5. The molecule has 0 saturated heterocycles. The lowest BCUT2D eigenvalue weighted by Gasteiger charge is -2.13. The van der Waals surface area contributed by atoms with Crippen LogP contribution in [0.2, 0.25) is 0 Å². The predicted octanol–water partition coefficient (Wildman–Crippen LogP) is 4.34. The maximum absolute atomic E-state index is 12.5. The Kier molecular flexibility index (Phi) is 6.73. The van der Waals surface area contributed by atoms with Crippen molar-refractivity contribution in [3.05, 3.63) is 83.9 Å². The number of phenols is 2. The van der Waals surface area contributed by atoms with Crippen LogP contribution in [-0.4, -0.2) is 40.3 Å². The first-order chi connectivity index (χ1) is 16.9. The zero-order chi connectivity index (χ0) is 24.9. The van der Waals surface area contributed by atoms with Gasteiger partial charge in [-0.15, -0.1) is 0 Å². The van der Waals surface area contributed by atoms with Crippen molar-refractivity contribution in [1.82, 2.24) is 5.32 Å². The third-order valence-corrected chi connectivity index (χ3v) is 5.47. The van der Waals surface area contributed by atoms with E-state index in [1.165, 1.54) is 25.3 Å². The second kappa shape index (κ2) is 10.0. The molecule has 1 aromatic heterocycles. The summed E-state index contributed by atoms with van der Waals surface area (Å²) in [6.45, 7) is 0. The average Bonchev–Trinajstić information content (AvgIpc) is 3.30. The first kappa shape index (κ1) is 23.4. The van der Waals surface area contributed by atoms with Gasteiger partial charge in [-0.2, -0.15) is 0 Å². The van der Waals surface area contributed by atoms with Gasteiger partial charge < -0.3 is 29.8 Å². The van der Waals surface area contributed by atoms with Crippen LogP contribution in [0.5, 0.6) is 17.2 Å². The average molecular weight is 473 g/mol. The summed E-state index contributed by atoms with van der Waals surface area (Å²) in [5.74, 6) is -1.31. The Morgan fingerprint density at radius 2 is 1.80 bits per heavy atom. The van der Waals surface area contributed by atoms with E-state index in [0.29, 0.717) is 33.6 Å². The molecular weight excluding hydrogens is 450 g/mol. The van der Waals surface area contributed by atoms with Gasteiger partial charge >= 0.3 is 5.97 Å². The molecule has 0 aliphatic rings. The number of methoxy groups -OCH3 is 1. The van der Waals surface area contributed by atoms with Crippen LogP contribution in [0.25, 0.3) is 28.4 Å². The number of aliphatic carboxylic acids is 1. The first-order valence-electron chi connectivity index (χ1n) is 10.7. The van der Waals surface area contributed by atoms with Gasteiger partial charge in [0.05, 0.1) is 7.11 Å². The van der Waals surface area contributed by atoms with E-state index in [1.54, 1.807) is 42.5 Å². The van der Waals surface area contributed by atoms with Crippen LogP contribution >= 0.6 is 0 Å². The molecule has 0 aliphatic carbocycles. The van der Waals surface area contributed by atoms with Crippen LogP contribution in [0.4, 0.5) is 0 Å². The highest BCUT2D eigenvalue weighted by Gasteiger charge is 2.20. The summed E-state index contributed by atoms with van der Waals surface area (Å²) in [5.41, 5.74) is 2.41. The molecule has 3 aromatic carbocycles. The van der Waals surface area contributed by atoms with Crippen molar-refractivity contribution in [3.8, 4) is 28.6 Å². The van der Waals surface area contributed by atoms with Crippen LogP contribution in [0.1, 0.15) is 11.1 Å². The summed E-state index contributed by atoms with van der Waals surface area (Å²) in [4.78, 5) is 24.2. The van der Waals surface area contributed by atoms with E-state index in [2.05, 4.69) is 5.32 Å². The minimum Gasteiger partial charge on any atom is -0.504 e. The number of carbonyl (C=O) groups excluding carboxylic acids is 1. The number of fused-ring (bicyclic) bond motifs is 1. The van der Waals surface area contributed by atoms with Gasteiger partial charge in [-0.3, -0.25) is 4.79 Å². The molecule has 1 heterocycles. The third kappa shape index (κ3) is 5.27. The first-order valence-corrected chi connectivity index (χ1v) is 10.7. The number of aromatic hydroxyl groups is 2. The number of phenolic OH excluding ortho intramolecular Hbond substituents is 2. The lowest BCUT2D eigenvalue weighted by Crippen LogP contribution is -2.41. The highest BCUT2D eigenvalue weighted by molar-refractivity contribution is 5.99. The molecule has 0 fully saturated rings. The predicted molar refractivity (Wildman–Crippen MR) is 130 cm³/mol. The van der Waals surface area contributed by atoms with Crippen molar-refractivity contribution >= 4 is 28.9 Å². The van der Waals surface area contributed by atoms with Gasteiger partial charge in [0.1, 0.15) is 11.8 Å². The van der Waals surface area contributed by atoms with E-state index in [0.717, 1.165) is 5.56 Å². The molecular formula is C27H23NO7. The van der Waals surface area contributed by atoms with Gasteiger partial charge in [-0.1, -0.05) is 36.4 Å². The van der Waals surface area contributed by atoms with Gasteiger partial charge in [0.25, 0.3) is 0 Å². The highest BCUT2D eigenvalue weighted by atomic mass is 16.5. The maximum Gasteiger partial charge on any atom is 0.326 e. The summed E-state index contributed by atoms with van der Waals surface area (Å²) in [6.07, 6.45) is 2.99.